The normalized spacial score (nSPS) is 11.4. The van der Waals surface area contributed by atoms with E-state index >= 15 is 0 Å². The first-order valence-corrected chi connectivity index (χ1v) is 5.96. The smallest absolute Gasteiger partial charge is 0.323 e. The van der Waals surface area contributed by atoms with Crippen LogP contribution in [-0.2, 0) is 0 Å². The van der Waals surface area contributed by atoms with E-state index in [1.165, 1.54) is 0 Å². The van der Waals surface area contributed by atoms with Crippen molar-refractivity contribution >= 4 is 22.1 Å². The predicted molar refractivity (Wildman–Crippen MR) is 74.0 cm³/mol. The Morgan fingerprint density at radius 2 is 1.89 bits per heavy atom. The summed E-state index contributed by atoms with van der Waals surface area (Å²) >= 11 is 0. The minimum Gasteiger partial charge on any atom is -0.345 e. The summed E-state index contributed by atoms with van der Waals surface area (Å²) in [6, 6.07) is 10.0. The van der Waals surface area contributed by atoms with Crippen LogP contribution in [0.4, 0.5) is 0 Å². The van der Waals surface area contributed by atoms with Gasteiger partial charge in [-0.1, -0.05) is 30.3 Å². The highest BCUT2D eigenvalue weighted by Crippen LogP contribution is 2.31. The van der Waals surface area contributed by atoms with Crippen molar-refractivity contribution < 1.29 is 0 Å². The molecular weight excluding hydrogens is 240 g/mol. The Labute approximate surface area is 107 Å². The molecule has 0 amide bonds. The second-order valence-corrected chi connectivity index (χ2v) is 4.42. The second-order valence-electron chi connectivity index (χ2n) is 4.42. The van der Waals surface area contributed by atoms with Crippen LogP contribution in [0.1, 0.15) is 0 Å². The summed E-state index contributed by atoms with van der Waals surface area (Å²) in [4.78, 5) is 24.5. The van der Waals surface area contributed by atoms with Crippen LogP contribution in [0.25, 0.3) is 33.2 Å². The Bertz CT molecular complexity index is 930. The quantitative estimate of drug-likeness (QED) is 0.485. The molecule has 0 radical (unpaired) electrons. The van der Waals surface area contributed by atoms with Crippen molar-refractivity contribution in [3.05, 3.63) is 53.2 Å². The van der Waals surface area contributed by atoms with E-state index in [-0.39, 0.29) is 5.69 Å². The molecule has 5 heteroatoms. The molecule has 0 aliphatic carbocycles. The molecule has 0 atom stereocenters. The number of imidazole rings is 1. The molecule has 3 heterocycles. The third-order valence-corrected chi connectivity index (χ3v) is 3.27. The number of nitrogens with one attached hydrogen (secondary N) is 3. The van der Waals surface area contributed by atoms with Crippen LogP contribution in [-0.4, -0.2) is 19.9 Å². The highest BCUT2D eigenvalue weighted by Gasteiger charge is 2.12. The molecule has 0 spiro atoms. The molecule has 19 heavy (non-hydrogen) atoms. The Morgan fingerprint density at radius 3 is 2.74 bits per heavy atom. The molecule has 0 saturated carbocycles. The zero-order valence-corrected chi connectivity index (χ0v) is 9.90. The SMILES string of the molecule is O=c1[nH]c2cnc3[nH]cc(-c4ccccc4)c3c2[nH]1. The van der Waals surface area contributed by atoms with Gasteiger partial charge in [-0.25, -0.2) is 9.78 Å². The summed E-state index contributed by atoms with van der Waals surface area (Å²) in [5.74, 6) is 0. The molecule has 5 nitrogen and oxygen atoms in total. The molecule has 4 aromatic rings. The van der Waals surface area contributed by atoms with E-state index in [0.29, 0.717) is 5.52 Å². The average molecular weight is 250 g/mol. The molecule has 4 rings (SSSR count). The van der Waals surface area contributed by atoms with Gasteiger partial charge in [-0.2, -0.15) is 0 Å². The number of rotatable bonds is 1. The molecular formula is C14H10N4O. The Kier molecular flexibility index (Phi) is 1.91. The van der Waals surface area contributed by atoms with Crippen molar-refractivity contribution in [2.45, 2.75) is 0 Å². The highest BCUT2D eigenvalue weighted by atomic mass is 16.1. The summed E-state index contributed by atoms with van der Waals surface area (Å²) in [5.41, 5.74) is 4.17. The van der Waals surface area contributed by atoms with Gasteiger partial charge in [0.2, 0.25) is 0 Å². The first-order chi connectivity index (χ1) is 9.33. The third kappa shape index (κ3) is 1.41. The lowest BCUT2D eigenvalue weighted by Crippen LogP contribution is -1.99. The van der Waals surface area contributed by atoms with E-state index in [9.17, 15) is 4.79 Å². The first kappa shape index (κ1) is 10.1. The highest BCUT2D eigenvalue weighted by molar-refractivity contribution is 6.09. The maximum absolute atomic E-state index is 11.5. The fourth-order valence-electron chi connectivity index (χ4n) is 2.43. The van der Waals surface area contributed by atoms with Gasteiger partial charge in [-0.3, -0.25) is 0 Å². The zero-order chi connectivity index (χ0) is 12.8. The van der Waals surface area contributed by atoms with Crippen molar-refractivity contribution in [1.82, 2.24) is 19.9 Å². The third-order valence-electron chi connectivity index (χ3n) is 3.27. The van der Waals surface area contributed by atoms with E-state index < -0.39 is 0 Å². The number of pyridine rings is 1. The van der Waals surface area contributed by atoms with Gasteiger partial charge >= 0.3 is 5.69 Å². The van der Waals surface area contributed by atoms with Crippen molar-refractivity contribution in [1.29, 1.82) is 0 Å². The minimum absolute atomic E-state index is 0.218. The summed E-state index contributed by atoms with van der Waals surface area (Å²) in [5, 5.41) is 0.932. The maximum Gasteiger partial charge on any atom is 0.323 e. The van der Waals surface area contributed by atoms with E-state index in [4.69, 9.17) is 0 Å². The molecule has 92 valence electrons. The maximum atomic E-state index is 11.5. The van der Waals surface area contributed by atoms with E-state index in [1.54, 1.807) is 6.20 Å². The molecule has 0 unspecified atom stereocenters. The lowest BCUT2D eigenvalue weighted by molar-refractivity contribution is 1.21. The molecule has 3 aromatic heterocycles. The van der Waals surface area contributed by atoms with Gasteiger partial charge in [0.05, 0.1) is 22.6 Å². The molecule has 0 bridgehead atoms. The topological polar surface area (TPSA) is 77.3 Å². The minimum atomic E-state index is -0.218. The predicted octanol–water partition coefficient (Wildman–Crippen LogP) is 2.40. The lowest BCUT2D eigenvalue weighted by atomic mass is 10.1. The molecule has 0 aliphatic heterocycles. The van der Waals surface area contributed by atoms with E-state index in [0.717, 1.165) is 27.7 Å². The van der Waals surface area contributed by atoms with Crippen LogP contribution in [0.15, 0.2) is 47.5 Å². The number of aromatic amines is 3. The molecule has 3 N–H and O–H groups in total. The van der Waals surface area contributed by atoms with Gasteiger partial charge < -0.3 is 15.0 Å². The molecule has 0 fully saturated rings. The molecule has 0 aliphatic rings. The summed E-state index contributed by atoms with van der Waals surface area (Å²) in [6.45, 7) is 0. The monoisotopic (exact) mass is 250 g/mol. The van der Waals surface area contributed by atoms with Gasteiger partial charge in [0.15, 0.2) is 0 Å². The Hall–Kier alpha value is -2.82. The van der Waals surface area contributed by atoms with Crippen molar-refractivity contribution in [2.24, 2.45) is 0 Å². The number of hydrogen-bond acceptors (Lipinski definition) is 2. The van der Waals surface area contributed by atoms with Gasteiger partial charge in [0.1, 0.15) is 5.65 Å². The first-order valence-electron chi connectivity index (χ1n) is 5.96. The van der Waals surface area contributed by atoms with Crippen molar-refractivity contribution in [3.8, 4) is 11.1 Å². The number of nitrogens with zero attached hydrogens (tertiary/aromatic N) is 1. The van der Waals surface area contributed by atoms with Crippen LogP contribution in [0.2, 0.25) is 0 Å². The number of H-pyrrole nitrogens is 3. The van der Waals surface area contributed by atoms with Crippen molar-refractivity contribution in [3.63, 3.8) is 0 Å². The van der Waals surface area contributed by atoms with Crippen LogP contribution < -0.4 is 5.69 Å². The largest absolute Gasteiger partial charge is 0.345 e. The number of hydrogen-bond donors (Lipinski definition) is 3. The van der Waals surface area contributed by atoms with Gasteiger partial charge in [-0.05, 0) is 5.56 Å². The average Bonchev–Trinajstić information content (AvgIpc) is 3.01. The number of aromatic nitrogens is 4. The molecule has 1 aromatic carbocycles. The lowest BCUT2D eigenvalue weighted by Gasteiger charge is -1.99. The Balaban J connectivity index is 2.17. The summed E-state index contributed by atoms with van der Waals surface area (Å²) in [7, 11) is 0. The molecule has 0 saturated heterocycles. The van der Waals surface area contributed by atoms with Crippen LogP contribution >= 0.6 is 0 Å². The zero-order valence-electron chi connectivity index (χ0n) is 9.90. The number of benzene rings is 1. The fraction of sp³-hybridized carbons (Fsp3) is 0. The standard InChI is InChI=1S/C14H10N4O/c19-14-17-10-7-16-13-11(12(10)18-14)9(6-15-13)8-4-2-1-3-5-8/h1-7H,(H,15,16)(H2,17,18,19). The van der Waals surface area contributed by atoms with Crippen LogP contribution in [0.3, 0.4) is 0 Å². The van der Waals surface area contributed by atoms with Crippen LogP contribution in [0.5, 0.6) is 0 Å². The second kappa shape index (κ2) is 3.58. The van der Waals surface area contributed by atoms with Crippen molar-refractivity contribution in [2.75, 3.05) is 0 Å². The Morgan fingerprint density at radius 1 is 1.05 bits per heavy atom. The summed E-state index contributed by atoms with van der Waals surface area (Å²) in [6.07, 6.45) is 3.57. The van der Waals surface area contributed by atoms with Gasteiger partial charge in [0.25, 0.3) is 0 Å². The number of fused-ring (bicyclic) bond motifs is 3. The van der Waals surface area contributed by atoms with Gasteiger partial charge in [-0.15, -0.1) is 0 Å². The summed E-state index contributed by atoms with van der Waals surface area (Å²) < 4.78 is 0. The van der Waals surface area contributed by atoms with E-state index in [2.05, 4.69) is 19.9 Å². The van der Waals surface area contributed by atoms with E-state index in [1.807, 2.05) is 36.5 Å². The van der Waals surface area contributed by atoms with Crippen LogP contribution in [0, 0.1) is 0 Å². The fourth-order valence-corrected chi connectivity index (χ4v) is 2.43. The van der Waals surface area contributed by atoms with Gasteiger partial charge in [0, 0.05) is 11.8 Å².